The minimum absolute atomic E-state index is 0.00827. The van der Waals surface area contributed by atoms with Gasteiger partial charge in [-0.2, -0.15) is 14.2 Å². The quantitative estimate of drug-likeness (QED) is 0.150. The summed E-state index contributed by atoms with van der Waals surface area (Å²) < 4.78 is 51.1. The van der Waals surface area contributed by atoms with E-state index in [1.807, 2.05) is 19.1 Å². The highest BCUT2D eigenvalue weighted by Gasteiger charge is 2.29. The van der Waals surface area contributed by atoms with Crippen molar-refractivity contribution < 1.29 is 27.4 Å². The molecule has 15 heteroatoms. The van der Waals surface area contributed by atoms with E-state index in [2.05, 4.69) is 14.5 Å². The second-order valence-electron chi connectivity index (χ2n) is 11.0. The van der Waals surface area contributed by atoms with E-state index in [1.54, 1.807) is 52.1 Å². The number of nitrogens with zero attached hydrogens (tertiary/aromatic N) is 5. The Morgan fingerprint density at radius 3 is 2.46 bits per heavy atom. The van der Waals surface area contributed by atoms with Crippen LogP contribution in [0.1, 0.15) is 31.9 Å². The van der Waals surface area contributed by atoms with Gasteiger partial charge < -0.3 is 14.2 Å². The van der Waals surface area contributed by atoms with Crippen molar-refractivity contribution in [1.29, 1.82) is 0 Å². The van der Waals surface area contributed by atoms with E-state index in [0.717, 1.165) is 27.3 Å². The van der Waals surface area contributed by atoms with Crippen molar-refractivity contribution >= 4 is 56.0 Å². The van der Waals surface area contributed by atoms with Crippen molar-refractivity contribution in [2.45, 2.75) is 44.7 Å². The number of ether oxygens (including phenoxy) is 3. The third-order valence-electron chi connectivity index (χ3n) is 6.55. The van der Waals surface area contributed by atoms with Crippen LogP contribution in [0, 0.1) is 6.92 Å². The Bertz CT molecular complexity index is 1990. The second-order valence-corrected chi connectivity index (χ2v) is 14.5. The fraction of sp³-hybridized carbons (Fsp3) is 0.226. The lowest BCUT2D eigenvalue weighted by Gasteiger charge is -2.23. The molecule has 0 saturated heterocycles. The van der Waals surface area contributed by atoms with Crippen molar-refractivity contribution in [3.05, 3.63) is 94.5 Å². The standard InChI is InChI=1S/C31H29Cl2N5O6S2/c1-19-12-23(42-5)8-6-20(19)17-38(29-34-18-36-45-29)46(40,41)24-9-11-28(26(33)14-24)43-27-10-7-22(32)13-25(27)21-15-35-37(16-21)30(39)44-31(2,3)4/h6-16,18H,17H2,1-5H3. The number of rotatable bonds is 9. The minimum atomic E-state index is -4.14. The first kappa shape index (κ1) is 33.2. The van der Waals surface area contributed by atoms with Crippen LogP contribution in [-0.2, 0) is 21.3 Å². The van der Waals surface area contributed by atoms with E-state index in [9.17, 15) is 13.2 Å². The Morgan fingerprint density at radius 2 is 1.80 bits per heavy atom. The smallest absolute Gasteiger partial charge is 0.435 e. The molecule has 5 aromatic rings. The summed E-state index contributed by atoms with van der Waals surface area (Å²) in [6.45, 7) is 7.16. The number of benzene rings is 3. The summed E-state index contributed by atoms with van der Waals surface area (Å²) in [6.07, 6.45) is 3.63. The fourth-order valence-electron chi connectivity index (χ4n) is 4.32. The molecule has 2 aromatic heterocycles. The van der Waals surface area contributed by atoms with Gasteiger partial charge >= 0.3 is 6.09 Å². The number of carbonyl (C=O) groups is 1. The summed E-state index contributed by atoms with van der Waals surface area (Å²) in [7, 11) is -2.58. The van der Waals surface area contributed by atoms with Gasteiger partial charge in [-0.1, -0.05) is 29.3 Å². The summed E-state index contributed by atoms with van der Waals surface area (Å²) in [4.78, 5) is 16.6. The Morgan fingerprint density at radius 1 is 1.04 bits per heavy atom. The largest absolute Gasteiger partial charge is 0.497 e. The Hall–Kier alpha value is -4.17. The first-order chi connectivity index (χ1) is 21.7. The van der Waals surface area contributed by atoms with E-state index >= 15 is 0 Å². The van der Waals surface area contributed by atoms with Gasteiger partial charge in [0.15, 0.2) is 0 Å². The van der Waals surface area contributed by atoms with Crippen LogP contribution in [0.3, 0.4) is 0 Å². The molecule has 0 atom stereocenters. The Kier molecular flexibility index (Phi) is 9.59. The molecule has 2 heterocycles. The molecule has 0 aliphatic rings. The van der Waals surface area contributed by atoms with Gasteiger partial charge in [0.1, 0.15) is 29.2 Å². The van der Waals surface area contributed by atoms with Crippen LogP contribution < -0.4 is 13.8 Å². The number of sulfonamides is 1. The lowest BCUT2D eigenvalue weighted by molar-refractivity contribution is 0.0514. The minimum Gasteiger partial charge on any atom is -0.497 e. The first-order valence-electron chi connectivity index (χ1n) is 13.7. The van der Waals surface area contributed by atoms with Crippen LogP contribution in [0.4, 0.5) is 9.93 Å². The van der Waals surface area contributed by atoms with Gasteiger partial charge in [0.25, 0.3) is 10.0 Å². The molecule has 0 saturated carbocycles. The zero-order valence-electron chi connectivity index (χ0n) is 25.4. The second kappa shape index (κ2) is 13.3. The van der Waals surface area contributed by atoms with Crippen molar-refractivity contribution in [1.82, 2.24) is 19.1 Å². The average molecular weight is 703 g/mol. The highest BCUT2D eigenvalue weighted by Crippen LogP contribution is 2.39. The number of aryl methyl sites for hydroxylation is 1. The number of hydrogen-bond donors (Lipinski definition) is 0. The van der Waals surface area contributed by atoms with E-state index in [1.165, 1.54) is 41.2 Å². The van der Waals surface area contributed by atoms with Gasteiger partial charge in [-0.3, -0.25) is 0 Å². The fourth-order valence-corrected chi connectivity index (χ4v) is 6.93. The lowest BCUT2D eigenvalue weighted by Crippen LogP contribution is -2.30. The third-order valence-corrected chi connectivity index (χ3v) is 9.62. The monoisotopic (exact) mass is 701 g/mol. The van der Waals surface area contributed by atoms with Crippen LogP contribution in [-0.4, -0.2) is 46.4 Å². The van der Waals surface area contributed by atoms with Gasteiger partial charge in [-0.25, -0.2) is 22.5 Å². The van der Waals surface area contributed by atoms with Gasteiger partial charge in [0.2, 0.25) is 5.13 Å². The molecule has 0 amide bonds. The predicted octanol–water partition coefficient (Wildman–Crippen LogP) is 8.00. The molecule has 3 aromatic carbocycles. The normalized spacial score (nSPS) is 11.7. The van der Waals surface area contributed by atoms with Crippen molar-refractivity contribution in [2.75, 3.05) is 11.4 Å². The molecule has 5 rings (SSSR count). The number of carbonyl (C=O) groups excluding carboxylic acids is 1. The molecule has 46 heavy (non-hydrogen) atoms. The molecule has 0 bridgehead atoms. The number of anilines is 1. The molecule has 240 valence electrons. The van der Waals surface area contributed by atoms with Crippen LogP contribution in [0.25, 0.3) is 11.1 Å². The Labute approximate surface area is 280 Å². The zero-order valence-corrected chi connectivity index (χ0v) is 28.5. The molecule has 0 fully saturated rings. The number of hydrogen-bond acceptors (Lipinski definition) is 10. The lowest BCUT2D eigenvalue weighted by atomic mass is 10.1. The average Bonchev–Trinajstić information content (AvgIpc) is 3.70. The van der Waals surface area contributed by atoms with Crippen molar-refractivity contribution in [3.8, 4) is 28.4 Å². The third kappa shape index (κ3) is 7.44. The van der Waals surface area contributed by atoms with Gasteiger partial charge in [-0.05, 0) is 87.4 Å². The Balaban J connectivity index is 1.44. The maximum absolute atomic E-state index is 14.0. The highest BCUT2D eigenvalue weighted by molar-refractivity contribution is 7.93. The van der Waals surface area contributed by atoms with E-state index in [4.69, 9.17) is 37.4 Å². The number of methoxy groups -OCH3 is 1. The zero-order chi connectivity index (χ0) is 33.2. The SMILES string of the molecule is COc1ccc(CN(c2ncns2)S(=O)(=O)c2ccc(Oc3ccc(Cl)cc3-c3cnn(C(=O)OC(C)(C)C)c3)c(Cl)c2)c(C)c1. The van der Waals surface area contributed by atoms with Crippen molar-refractivity contribution in [2.24, 2.45) is 0 Å². The van der Waals surface area contributed by atoms with Crippen LogP contribution >= 0.6 is 34.7 Å². The summed E-state index contributed by atoms with van der Waals surface area (Å²) in [5.41, 5.74) is 1.96. The molecule has 0 unspecified atom stereocenters. The maximum Gasteiger partial charge on any atom is 0.435 e. The van der Waals surface area contributed by atoms with Crippen LogP contribution in [0.15, 0.2) is 78.2 Å². The van der Waals surface area contributed by atoms with E-state index in [-0.39, 0.29) is 27.3 Å². The predicted molar refractivity (Wildman–Crippen MR) is 177 cm³/mol. The number of halogens is 2. The summed E-state index contributed by atoms with van der Waals surface area (Å²) in [6, 6.07) is 14.5. The van der Waals surface area contributed by atoms with E-state index in [0.29, 0.717) is 27.6 Å². The van der Waals surface area contributed by atoms with Gasteiger partial charge in [-0.15, -0.1) is 0 Å². The molecule has 0 aliphatic carbocycles. The topological polar surface area (TPSA) is 126 Å². The summed E-state index contributed by atoms with van der Waals surface area (Å²) >= 11 is 13.9. The highest BCUT2D eigenvalue weighted by atomic mass is 35.5. The molecule has 0 N–H and O–H groups in total. The van der Waals surface area contributed by atoms with Crippen LogP contribution in [0.5, 0.6) is 17.2 Å². The van der Waals surface area contributed by atoms with E-state index < -0.39 is 21.7 Å². The molecule has 0 aliphatic heterocycles. The molecule has 0 spiro atoms. The van der Waals surface area contributed by atoms with Gasteiger partial charge in [0.05, 0.1) is 29.8 Å². The number of aromatic nitrogens is 4. The van der Waals surface area contributed by atoms with Crippen LogP contribution in [0.2, 0.25) is 10.0 Å². The summed E-state index contributed by atoms with van der Waals surface area (Å²) in [5.74, 6) is 1.20. The molecular weight excluding hydrogens is 673 g/mol. The molecule has 11 nitrogen and oxygen atoms in total. The molecular formula is C31H29Cl2N5O6S2. The molecule has 0 radical (unpaired) electrons. The maximum atomic E-state index is 14.0. The van der Waals surface area contributed by atoms with Gasteiger partial charge in [0, 0.05) is 33.9 Å². The van der Waals surface area contributed by atoms with Crippen molar-refractivity contribution in [3.63, 3.8) is 0 Å². The first-order valence-corrected chi connectivity index (χ1v) is 16.7. The summed E-state index contributed by atoms with van der Waals surface area (Å²) in [5, 5.41) is 4.79.